The molecule has 2 aliphatic rings. The van der Waals surface area contributed by atoms with Crippen LogP contribution in [0.25, 0.3) is 0 Å². The molecule has 1 aliphatic heterocycles. The van der Waals surface area contributed by atoms with Crippen LogP contribution < -0.4 is 21.3 Å². The summed E-state index contributed by atoms with van der Waals surface area (Å²) in [4.78, 5) is 46.2. The quantitative estimate of drug-likeness (QED) is 0.197. The largest absolute Gasteiger partial charge is 0.391 e. The normalized spacial score (nSPS) is 36.4. The highest BCUT2D eigenvalue weighted by Crippen LogP contribution is 2.29. The van der Waals surface area contributed by atoms with Crippen LogP contribution in [0.5, 0.6) is 0 Å². The van der Waals surface area contributed by atoms with Crippen LogP contribution in [0.15, 0.2) is 0 Å². The van der Waals surface area contributed by atoms with Crippen LogP contribution in [0, 0.1) is 0 Å². The Kier molecular flexibility index (Phi) is 9.55. The number of hydrogen-bond acceptors (Lipinski definition) is 9. The summed E-state index contributed by atoms with van der Waals surface area (Å²) < 4.78 is 11.8. The van der Waals surface area contributed by atoms with Crippen molar-refractivity contribution in [3.8, 4) is 0 Å². The zero-order valence-corrected chi connectivity index (χ0v) is 19.1. The van der Waals surface area contributed by atoms with E-state index < -0.39 is 60.8 Å². The average molecular weight is 475 g/mol. The summed E-state index contributed by atoms with van der Waals surface area (Å²) in [5.74, 6) is -1.56. The van der Waals surface area contributed by atoms with Crippen molar-refractivity contribution >= 4 is 23.6 Å². The third kappa shape index (κ3) is 7.61. The van der Waals surface area contributed by atoms with Crippen molar-refractivity contribution in [3.63, 3.8) is 0 Å². The van der Waals surface area contributed by atoms with E-state index >= 15 is 0 Å². The zero-order valence-electron chi connectivity index (χ0n) is 19.1. The molecule has 0 spiro atoms. The number of aliphatic hydroxyl groups is 3. The van der Waals surface area contributed by atoms with E-state index in [2.05, 4.69) is 21.3 Å². The Labute approximate surface area is 191 Å². The minimum Gasteiger partial charge on any atom is -0.391 e. The average Bonchev–Trinajstić information content (AvgIpc) is 2.68. The topological polar surface area (TPSA) is 196 Å². The Morgan fingerprint density at radius 2 is 1.39 bits per heavy atom. The van der Waals surface area contributed by atoms with Crippen LogP contribution in [0.2, 0.25) is 0 Å². The van der Waals surface area contributed by atoms with Gasteiger partial charge in [-0.05, 0) is 6.42 Å². The number of nitrogens with one attached hydrogen (secondary N) is 4. The number of aliphatic hydroxyl groups excluding tert-OH is 3. The fraction of sp³-hybridized carbons (Fsp3) is 0.800. The van der Waals surface area contributed by atoms with Gasteiger partial charge >= 0.3 is 0 Å². The van der Waals surface area contributed by atoms with E-state index in [-0.39, 0.29) is 37.1 Å². The van der Waals surface area contributed by atoms with Gasteiger partial charge in [0.25, 0.3) is 0 Å². The lowest BCUT2D eigenvalue weighted by Gasteiger charge is -2.46. The minimum atomic E-state index is -1.48. The maximum atomic E-state index is 11.7. The Morgan fingerprint density at radius 3 is 1.94 bits per heavy atom. The van der Waals surface area contributed by atoms with Gasteiger partial charge in [-0.1, -0.05) is 0 Å². The maximum absolute atomic E-state index is 11.7. The molecule has 33 heavy (non-hydrogen) atoms. The van der Waals surface area contributed by atoms with Crippen molar-refractivity contribution in [1.29, 1.82) is 0 Å². The van der Waals surface area contributed by atoms with E-state index in [4.69, 9.17) is 9.47 Å². The molecule has 0 aromatic rings. The molecule has 9 atom stereocenters. The summed E-state index contributed by atoms with van der Waals surface area (Å²) >= 11 is 0. The molecule has 0 aromatic heterocycles. The van der Waals surface area contributed by atoms with Crippen LogP contribution >= 0.6 is 0 Å². The second-order valence-electron chi connectivity index (χ2n) is 8.51. The van der Waals surface area contributed by atoms with Gasteiger partial charge in [-0.3, -0.25) is 19.2 Å². The van der Waals surface area contributed by atoms with Gasteiger partial charge in [0.1, 0.15) is 24.4 Å². The maximum Gasteiger partial charge on any atom is 0.217 e. The summed E-state index contributed by atoms with van der Waals surface area (Å²) in [5, 5.41) is 41.9. The van der Waals surface area contributed by atoms with E-state index in [1.54, 1.807) is 0 Å². The van der Waals surface area contributed by atoms with Crippen molar-refractivity contribution in [1.82, 2.24) is 21.3 Å². The molecule has 0 radical (unpaired) electrons. The molecule has 2 fully saturated rings. The fourth-order valence-corrected chi connectivity index (χ4v) is 4.15. The van der Waals surface area contributed by atoms with Gasteiger partial charge < -0.3 is 46.1 Å². The predicted octanol–water partition coefficient (Wildman–Crippen LogP) is -3.38. The molecule has 1 saturated heterocycles. The third-order valence-electron chi connectivity index (χ3n) is 5.60. The molecule has 1 heterocycles. The van der Waals surface area contributed by atoms with E-state index in [1.807, 2.05) is 0 Å². The Morgan fingerprint density at radius 1 is 0.818 bits per heavy atom. The summed E-state index contributed by atoms with van der Waals surface area (Å²) in [6.07, 6.45) is -6.83. The molecule has 4 amide bonds. The Balaban J connectivity index is 2.24. The Bertz CT molecular complexity index is 734. The molecular weight excluding hydrogens is 440 g/mol. The highest BCUT2D eigenvalue weighted by atomic mass is 16.7. The molecule has 0 unspecified atom stereocenters. The standard InChI is InChI=1S/C20H34N4O9/c1-8(25)21-7-16-18(30)19(31)17(24-11(4)28)20(33-16)32-15-6-14(29)12(22-9(2)26)5-13(15)23-10(3)27/h12-20,29-31H,5-7H2,1-4H3,(H,21,25)(H,22,26)(H,23,27)(H,24,28)/t12-,13+,14-,15+,16-,17-,18-,19-,20+/m1/s1. The first kappa shape index (κ1) is 26.9. The minimum absolute atomic E-state index is 0.0115. The SMILES string of the molecule is CC(=O)NC[C@H]1O[C@H](O[C@H]2C[C@@H](O)[C@H](NC(C)=O)C[C@@H]2NC(C)=O)[C@H](NC(C)=O)[C@@H](O)[C@@H]1O. The molecule has 1 saturated carbocycles. The van der Waals surface area contributed by atoms with Crippen molar-refractivity contribution in [2.75, 3.05) is 6.54 Å². The molecule has 2 rings (SSSR count). The van der Waals surface area contributed by atoms with Crippen LogP contribution in [0.4, 0.5) is 0 Å². The van der Waals surface area contributed by atoms with E-state index in [9.17, 15) is 34.5 Å². The van der Waals surface area contributed by atoms with Gasteiger partial charge in [0.2, 0.25) is 23.6 Å². The number of rotatable bonds is 7. The molecule has 7 N–H and O–H groups in total. The van der Waals surface area contributed by atoms with Crippen molar-refractivity contribution in [2.24, 2.45) is 0 Å². The summed E-state index contributed by atoms with van der Waals surface area (Å²) in [5.41, 5.74) is 0. The molecule has 1 aliphatic carbocycles. The van der Waals surface area contributed by atoms with Crippen LogP contribution in [-0.4, -0.2) is 100 Å². The van der Waals surface area contributed by atoms with Gasteiger partial charge in [-0.15, -0.1) is 0 Å². The molecule has 0 aromatic carbocycles. The van der Waals surface area contributed by atoms with Crippen molar-refractivity contribution < 1.29 is 44.0 Å². The van der Waals surface area contributed by atoms with Gasteiger partial charge in [-0.2, -0.15) is 0 Å². The summed E-state index contributed by atoms with van der Waals surface area (Å²) in [7, 11) is 0. The molecule has 13 heteroatoms. The zero-order chi connectivity index (χ0) is 24.9. The summed E-state index contributed by atoms with van der Waals surface area (Å²) in [6, 6.07) is -2.39. The number of hydrogen-bond donors (Lipinski definition) is 7. The van der Waals surface area contributed by atoms with Gasteiger partial charge in [0.05, 0.1) is 24.3 Å². The van der Waals surface area contributed by atoms with Crippen LogP contribution in [-0.2, 0) is 28.7 Å². The van der Waals surface area contributed by atoms with E-state index in [1.165, 1.54) is 27.7 Å². The first-order valence-electron chi connectivity index (χ1n) is 10.8. The van der Waals surface area contributed by atoms with E-state index in [0.717, 1.165) is 0 Å². The lowest BCUT2D eigenvalue weighted by Crippen LogP contribution is -2.67. The van der Waals surface area contributed by atoms with Gasteiger partial charge in [0, 0.05) is 40.7 Å². The van der Waals surface area contributed by atoms with Gasteiger partial charge in [-0.25, -0.2) is 0 Å². The smallest absolute Gasteiger partial charge is 0.217 e. The monoisotopic (exact) mass is 474 g/mol. The van der Waals surface area contributed by atoms with Crippen molar-refractivity contribution in [3.05, 3.63) is 0 Å². The third-order valence-corrected chi connectivity index (χ3v) is 5.60. The number of amides is 4. The van der Waals surface area contributed by atoms with Crippen LogP contribution in [0.1, 0.15) is 40.5 Å². The predicted molar refractivity (Wildman–Crippen MR) is 112 cm³/mol. The summed E-state index contributed by atoms with van der Waals surface area (Å²) in [6.45, 7) is 5.02. The Hall–Kier alpha value is -2.32. The molecular formula is C20H34N4O9. The highest BCUT2D eigenvalue weighted by molar-refractivity contribution is 5.74. The number of ether oxygens (including phenoxy) is 2. The first-order valence-corrected chi connectivity index (χ1v) is 10.8. The lowest BCUT2D eigenvalue weighted by molar-refractivity contribution is -0.282. The molecule has 13 nitrogen and oxygen atoms in total. The number of carbonyl (C=O) groups excluding carboxylic acids is 4. The first-order chi connectivity index (χ1) is 15.4. The van der Waals surface area contributed by atoms with Gasteiger partial charge in [0.15, 0.2) is 6.29 Å². The molecule has 188 valence electrons. The van der Waals surface area contributed by atoms with Crippen LogP contribution in [0.3, 0.4) is 0 Å². The second-order valence-corrected chi connectivity index (χ2v) is 8.51. The molecule has 0 bridgehead atoms. The lowest BCUT2D eigenvalue weighted by atomic mass is 9.85. The van der Waals surface area contributed by atoms with Crippen molar-refractivity contribution in [2.45, 2.75) is 95.5 Å². The highest BCUT2D eigenvalue weighted by Gasteiger charge is 2.48. The number of carbonyl (C=O) groups is 4. The van der Waals surface area contributed by atoms with E-state index in [0.29, 0.717) is 0 Å². The fourth-order valence-electron chi connectivity index (χ4n) is 4.15. The second kappa shape index (κ2) is 11.7.